The molecule has 1 heterocycles. The summed E-state index contributed by atoms with van der Waals surface area (Å²) in [5.74, 6) is -1.59. The molecule has 0 spiro atoms. The Balaban J connectivity index is 2.14. The standard InChI is InChI=1S/C11H12ClNO5S/c12-8-4-19(17,18)5-9(8)13-11(16)7-2-1-6(14)3-10(7)15/h1-3,8-9,14-15H,4-5H2,(H,13,16). The topological polar surface area (TPSA) is 104 Å². The Bertz CT molecular complexity index is 616. The molecule has 1 aromatic carbocycles. The Kier molecular flexibility index (Phi) is 3.60. The Morgan fingerprint density at radius 1 is 1.32 bits per heavy atom. The van der Waals surface area contributed by atoms with Crippen LogP contribution in [-0.2, 0) is 9.84 Å². The van der Waals surface area contributed by atoms with Gasteiger partial charge in [-0.1, -0.05) is 0 Å². The maximum Gasteiger partial charge on any atom is 0.255 e. The zero-order valence-corrected chi connectivity index (χ0v) is 11.3. The van der Waals surface area contributed by atoms with E-state index in [0.29, 0.717) is 0 Å². The Hall–Kier alpha value is -1.47. The van der Waals surface area contributed by atoms with Crippen LogP contribution in [0.15, 0.2) is 18.2 Å². The highest BCUT2D eigenvalue weighted by Gasteiger charge is 2.37. The highest BCUT2D eigenvalue weighted by Crippen LogP contribution is 2.24. The third-order valence-corrected chi connectivity index (χ3v) is 5.20. The minimum Gasteiger partial charge on any atom is -0.508 e. The number of rotatable bonds is 2. The SMILES string of the molecule is O=C(NC1CS(=O)(=O)CC1Cl)c1ccc(O)cc1O. The van der Waals surface area contributed by atoms with Crippen molar-refractivity contribution >= 4 is 27.3 Å². The summed E-state index contributed by atoms with van der Waals surface area (Å²) >= 11 is 5.86. The van der Waals surface area contributed by atoms with Gasteiger partial charge in [-0.05, 0) is 12.1 Å². The molecule has 0 radical (unpaired) electrons. The second-order valence-electron chi connectivity index (χ2n) is 4.37. The van der Waals surface area contributed by atoms with E-state index >= 15 is 0 Å². The minimum absolute atomic E-state index is 0.0500. The van der Waals surface area contributed by atoms with E-state index in [9.17, 15) is 18.3 Å². The van der Waals surface area contributed by atoms with Crippen molar-refractivity contribution in [3.05, 3.63) is 23.8 Å². The summed E-state index contributed by atoms with van der Waals surface area (Å²) in [6.07, 6.45) is 0. The molecule has 1 aliphatic heterocycles. The average Bonchev–Trinajstić information content (AvgIpc) is 2.51. The fourth-order valence-corrected chi connectivity index (χ4v) is 4.44. The highest BCUT2D eigenvalue weighted by molar-refractivity contribution is 7.91. The van der Waals surface area contributed by atoms with Crippen LogP contribution in [0, 0.1) is 0 Å². The molecule has 0 aromatic heterocycles. The molecule has 8 heteroatoms. The predicted octanol–water partition coefficient (Wildman–Crippen LogP) is 0.232. The lowest BCUT2D eigenvalue weighted by Crippen LogP contribution is -2.40. The van der Waals surface area contributed by atoms with Gasteiger partial charge in [-0.2, -0.15) is 0 Å². The lowest BCUT2D eigenvalue weighted by atomic mass is 10.1. The van der Waals surface area contributed by atoms with E-state index in [1.807, 2.05) is 0 Å². The van der Waals surface area contributed by atoms with Crippen LogP contribution in [-0.4, -0.2) is 47.5 Å². The number of hydrogen-bond donors (Lipinski definition) is 3. The number of benzene rings is 1. The van der Waals surface area contributed by atoms with Crippen LogP contribution in [0.3, 0.4) is 0 Å². The molecule has 0 bridgehead atoms. The van der Waals surface area contributed by atoms with Crippen LogP contribution < -0.4 is 5.32 Å². The lowest BCUT2D eigenvalue weighted by Gasteiger charge is -2.14. The number of sulfone groups is 1. The molecule has 2 atom stereocenters. The van der Waals surface area contributed by atoms with Crippen molar-refractivity contribution in [3.8, 4) is 11.5 Å². The summed E-state index contributed by atoms with van der Waals surface area (Å²) in [4.78, 5) is 11.9. The number of aromatic hydroxyl groups is 2. The molecule has 104 valence electrons. The van der Waals surface area contributed by atoms with Gasteiger partial charge >= 0.3 is 0 Å². The molecule has 2 rings (SSSR count). The number of amides is 1. The molecular weight excluding hydrogens is 294 g/mol. The van der Waals surface area contributed by atoms with E-state index in [1.54, 1.807) is 0 Å². The number of phenols is 2. The summed E-state index contributed by atoms with van der Waals surface area (Å²) in [6, 6.07) is 2.83. The van der Waals surface area contributed by atoms with Crippen molar-refractivity contribution in [2.45, 2.75) is 11.4 Å². The number of nitrogens with one attached hydrogen (secondary N) is 1. The quantitative estimate of drug-likeness (QED) is 0.679. The van der Waals surface area contributed by atoms with Gasteiger partial charge in [0.15, 0.2) is 9.84 Å². The normalized spacial score (nSPS) is 25.1. The number of phenolic OH excluding ortho intramolecular Hbond substituents is 2. The molecule has 2 unspecified atom stereocenters. The van der Waals surface area contributed by atoms with E-state index in [-0.39, 0.29) is 28.6 Å². The zero-order chi connectivity index (χ0) is 14.2. The zero-order valence-electron chi connectivity index (χ0n) is 9.71. The van der Waals surface area contributed by atoms with Crippen LogP contribution in [0.25, 0.3) is 0 Å². The van der Waals surface area contributed by atoms with Gasteiger partial charge in [0.2, 0.25) is 0 Å². The molecule has 3 N–H and O–H groups in total. The second-order valence-corrected chi connectivity index (χ2v) is 7.09. The molecule has 1 fully saturated rings. The van der Waals surface area contributed by atoms with Gasteiger partial charge in [0.05, 0.1) is 28.5 Å². The molecule has 0 saturated carbocycles. The summed E-state index contributed by atoms with van der Waals surface area (Å²) in [5, 5.41) is 20.4. The van der Waals surface area contributed by atoms with Crippen LogP contribution >= 0.6 is 11.6 Å². The molecule has 1 amide bonds. The number of halogens is 1. The van der Waals surface area contributed by atoms with Crippen molar-refractivity contribution in [1.82, 2.24) is 5.32 Å². The summed E-state index contributed by atoms with van der Waals surface area (Å²) < 4.78 is 22.7. The van der Waals surface area contributed by atoms with E-state index in [4.69, 9.17) is 16.7 Å². The van der Waals surface area contributed by atoms with Crippen molar-refractivity contribution in [2.24, 2.45) is 0 Å². The number of hydrogen-bond acceptors (Lipinski definition) is 5. The summed E-state index contributed by atoms with van der Waals surface area (Å²) in [7, 11) is -3.24. The third kappa shape index (κ3) is 3.10. The molecule has 1 aromatic rings. The minimum atomic E-state index is -3.24. The fourth-order valence-electron chi connectivity index (χ4n) is 1.90. The smallest absolute Gasteiger partial charge is 0.255 e. The number of alkyl halides is 1. The van der Waals surface area contributed by atoms with Crippen molar-refractivity contribution in [2.75, 3.05) is 11.5 Å². The van der Waals surface area contributed by atoms with Crippen molar-refractivity contribution in [1.29, 1.82) is 0 Å². The van der Waals surface area contributed by atoms with Gasteiger partial charge in [0.1, 0.15) is 11.5 Å². The van der Waals surface area contributed by atoms with E-state index in [0.717, 1.165) is 6.07 Å². The van der Waals surface area contributed by atoms with Crippen LogP contribution in [0.4, 0.5) is 0 Å². The predicted molar refractivity (Wildman–Crippen MR) is 69.3 cm³/mol. The first-order valence-electron chi connectivity index (χ1n) is 5.46. The van der Waals surface area contributed by atoms with Gasteiger partial charge in [0.25, 0.3) is 5.91 Å². The van der Waals surface area contributed by atoms with Gasteiger partial charge in [-0.3, -0.25) is 4.79 Å². The van der Waals surface area contributed by atoms with Gasteiger partial charge in [-0.25, -0.2) is 8.42 Å². The van der Waals surface area contributed by atoms with E-state index < -0.39 is 27.2 Å². The number of carbonyl (C=O) groups is 1. The first kappa shape index (κ1) is 14.0. The average molecular weight is 306 g/mol. The molecular formula is C11H12ClNO5S. The molecule has 1 aliphatic rings. The van der Waals surface area contributed by atoms with Gasteiger partial charge < -0.3 is 15.5 Å². The molecule has 1 saturated heterocycles. The summed E-state index contributed by atoms with van der Waals surface area (Å²) in [5.41, 5.74) is -0.0500. The van der Waals surface area contributed by atoms with Crippen LogP contribution in [0.1, 0.15) is 10.4 Å². The van der Waals surface area contributed by atoms with E-state index in [2.05, 4.69) is 5.32 Å². The van der Waals surface area contributed by atoms with Crippen LogP contribution in [0.2, 0.25) is 0 Å². The third-order valence-electron chi connectivity index (χ3n) is 2.83. The summed E-state index contributed by atoms with van der Waals surface area (Å²) in [6.45, 7) is 0. The van der Waals surface area contributed by atoms with Gasteiger partial charge in [-0.15, -0.1) is 11.6 Å². The molecule has 6 nitrogen and oxygen atoms in total. The Labute approximate surface area is 114 Å². The lowest BCUT2D eigenvalue weighted by molar-refractivity contribution is 0.0939. The Morgan fingerprint density at radius 3 is 2.53 bits per heavy atom. The number of carbonyl (C=O) groups excluding carboxylic acids is 1. The monoisotopic (exact) mass is 305 g/mol. The second kappa shape index (κ2) is 4.90. The highest BCUT2D eigenvalue weighted by atomic mass is 35.5. The van der Waals surface area contributed by atoms with Crippen LogP contribution in [0.5, 0.6) is 11.5 Å². The maximum atomic E-state index is 11.9. The fraction of sp³-hybridized carbons (Fsp3) is 0.364. The van der Waals surface area contributed by atoms with Crippen molar-refractivity contribution in [3.63, 3.8) is 0 Å². The molecule has 19 heavy (non-hydrogen) atoms. The van der Waals surface area contributed by atoms with Gasteiger partial charge in [0, 0.05) is 6.07 Å². The first-order chi connectivity index (χ1) is 8.78. The van der Waals surface area contributed by atoms with Crippen molar-refractivity contribution < 1.29 is 23.4 Å². The molecule has 0 aliphatic carbocycles. The largest absolute Gasteiger partial charge is 0.508 e. The first-order valence-corrected chi connectivity index (χ1v) is 7.71. The maximum absolute atomic E-state index is 11.9. The van der Waals surface area contributed by atoms with E-state index in [1.165, 1.54) is 12.1 Å². The Morgan fingerprint density at radius 2 is 2.00 bits per heavy atom.